The molecule has 0 saturated heterocycles. The Morgan fingerprint density at radius 1 is 1.40 bits per heavy atom. The summed E-state index contributed by atoms with van der Waals surface area (Å²) >= 11 is 0. The fraction of sp³-hybridized carbons (Fsp3) is 0.333. The summed E-state index contributed by atoms with van der Waals surface area (Å²) < 4.78 is 1.65. The number of nitrogens with zero attached hydrogens (tertiary/aromatic N) is 2. The van der Waals surface area contributed by atoms with Crippen molar-refractivity contribution in [2.45, 2.75) is 25.9 Å². The van der Waals surface area contributed by atoms with Gasteiger partial charge in [0.05, 0.1) is 23.0 Å². The van der Waals surface area contributed by atoms with E-state index >= 15 is 0 Å². The van der Waals surface area contributed by atoms with Crippen molar-refractivity contribution >= 4 is 5.91 Å². The van der Waals surface area contributed by atoms with Crippen LogP contribution in [0.15, 0.2) is 42.7 Å². The van der Waals surface area contributed by atoms with Crippen LogP contribution in [0.5, 0.6) is 0 Å². The topological polar surface area (TPSA) is 67.2 Å². The molecule has 0 aliphatic carbocycles. The maximum Gasteiger partial charge on any atom is 0.254 e. The largest absolute Gasteiger partial charge is 0.388 e. The van der Waals surface area contributed by atoms with Gasteiger partial charge in [0.15, 0.2) is 0 Å². The Morgan fingerprint density at radius 3 is 2.75 bits per heavy atom. The zero-order valence-electron chi connectivity index (χ0n) is 11.7. The molecule has 2 N–H and O–H groups in total. The van der Waals surface area contributed by atoms with Crippen LogP contribution in [0.25, 0.3) is 5.69 Å². The summed E-state index contributed by atoms with van der Waals surface area (Å²) in [6.07, 6.45) is 3.77. The summed E-state index contributed by atoms with van der Waals surface area (Å²) in [5.41, 5.74) is 0.485. The van der Waals surface area contributed by atoms with Crippen LogP contribution in [0.1, 0.15) is 30.6 Å². The molecule has 0 spiro atoms. The first kappa shape index (κ1) is 14.3. The van der Waals surface area contributed by atoms with E-state index in [1.54, 1.807) is 17.8 Å². The zero-order valence-corrected chi connectivity index (χ0v) is 11.7. The normalized spacial score (nSPS) is 13.8. The molecule has 5 nitrogen and oxygen atoms in total. The molecule has 0 aliphatic rings. The minimum atomic E-state index is -0.884. The summed E-state index contributed by atoms with van der Waals surface area (Å²) in [7, 11) is 0. The first-order valence-corrected chi connectivity index (χ1v) is 6.62. The van der Waals surface area contributed by atoms with Gasteiger partial charge < -0.3 is 10.4 Å². The number of hydrogen-bond donors (Lipinski definition) is 2. The Bertz CT molecular complexity index is 576. The lowest BCUT2D eigenvalue weighted by atomic mass is 10.0. The fourth-order valence-corrected chi connectivity index (χ4v) is 1.66. The first-order valence-electron chi connectivity index (χ1n) is 6.62. The minimum absolute atomic E-state index is 0.221. The van der Waals surface area contributed by atoms with Crippen molar-refractivity contribution in [2.75, 3.05) is 6.54 Å². The lowest BCUT2D eigenvalue weighted by Crippen LogP contribution is -2.39. The standard InChI is InChI=1S/C15H19N3O2/c1-3-15(2,20)11-16-14(19)12-9-17-18(10-12)13-7-5-4-6-8-13/h4-10,20H,3,11H2,1-2H3,(H,16,19). The van der Waals surface area contributed by atoms with E-state index in [-0.39, 0.29) is 12.5 Å². The maximum atomic E-state index is 12.0. The number of hydrogen-bond acceptors (Lipinski definition) is 3. The van der Waals surface area contributed by atoms with Crippen LogP contribution < -0.4 is 5.32 Å². The van der Waals surface area contributed by atoms with Crippen molar-refractivity contribution in [3.8, 4) is 5.69 Å². The number of carbonyl (C=O) groups is 1. The monoisotopic (exact) mass is 273 g/mol. The number of benzene rings is 1. The molecule has 1 unspecified atom stereocenters. The highest BCUT2D eigenvalue weighted by Crippen LogP contribution is 2.09. The molecular weight excluding hydrogens is 254 g/mol. The van der Waals surface area contributed by atoms with Gasteiger partial charge in [-0.2, -0.15) is 5.10 Å². The molecule has 0 bridgehead atoms. The number of aliphatic hydroxyl groups is 1. The molecule has 20 heavy (non-hydrogen) atoms. The van der Waals surface area contributed by atoms with Crippen molar-refractivity contribution in [1.82, 2.24) is 15.1 Å². The van der Waals surface area contributed by atoms with E-state index in [1.807, 2.05) is 37.3 Å². The smallest absolute Gasteiger partial charge is 0.254 e. The van der Waals surface area contributed by atoms with Crippen molar-refractivity contribution in [1.29, 1.82) is 0 Å². The van der Waals surface area contributed by atoms with Crippen LogP contribution in [0.3, 0.4) is 0 Å². The van der Waals surface area contributed by atoms with Gasteiger partial charge in [0.1, 0.15) is 0 Å². The van der Waals surface area contributed by atoms with E-state index in [4.69, 9.17) is 0 Å². The molecule has 0 saturated carbocycles. The third-order valence-corrected chi connectivity index (χ3v) is 3.26. The van der Waals surface area contributed by atoms with Gasteiger partial charge in [-0.15, -0.1) is 0 Å². The predicted octanol–water partition coefficient (Wildman–Crippen LogP) is 1.76. The number of amides is 1. The molecule has 1 amide bonds. The number of aromatic nitrogens is 2. The van der Waals surface area contributed by atoms with Crippen molar-refractivity contribution in [3.63, 3.8) is 0 Å². The molecule has 0 aliphatic heterocycles. The van der Waals surface area contributed by atoms with Gasteiger partial charge in [0, 0.05) is 12.7 Å². The van der Waals surface area contributed by atoms with Gasteiger partial charge in [-0.3, -0.25) is 4.79 Å². The van der Waals surface area contributed by atoms with Gasteiger partial charge in [0.2, 0.25) is 0 Å². The van der Waals surface area contributed by atoms with Gasteiger partial charge in [-0.05, 0) is 25.5 Å². The van der Waals surface area contributed by atoms with Crippen molar-refractivity contribution in [3.05, 3.63) is 48.3 Å². The van der Waals surface area contributed by atoms with E-state index < -0.39 is 5.60 Å². The van der Waals surface area contributed by atoms with Crippen LogP contribution in [0.4, 0.5) is 0 Å². The molecule has 1 atom stereocenters. The molecule has 1 heterocycles. The van der Waals surface area contributed by atoms with Crippen LogP contribution >= 0.6 is 0 Å². The predicted molar refractivity (Wildman–Crippen MR) is 76.8 cm³/mol. The molecule has 1 aromatic heterocycles. The van der Waals surface area contributed by atoms with Gasteiger partial charge in [-0.25, -0.2) is 4.68 Å². The lowest BCUT2D eigenvalue weighted by Gasteiger charge is -2.21. The zero-order chi connectivity index (χ0) is 14.6. The highest BCUT2D eigenvalue weighted by Gasteiger charge is 2.19. The Labute approximate surface area is 118 Å². The van der Waals surface area contributed by atoms with Crippen LogP contribution in [-0.4, -0.2) is 32.9 Å². The number of nitrogens with one attached hydrogen (secondary N) is 1. The van der Waals surface area contributed by atoms with Crippen molar-refractivity contribution in [2.24, 2.45) is 0 Å². The third-order valence-electron chi connectivity index (χ3n) is 3.26. The van der Waals surface area contributed by atoms with E-state index in [9.17, 15) is 9.90 Å². The second-order valence-electron chi connectivity index (χ2n) is 5.04. The molecule has 106 valence electrons. The van der Waals surface area contributed by atoms with Crippen LogP contribution in [0.2, 0.25) is 0 Å². The average molecular weight is 273 g/mol. The summed E-state index contributed by atoms with van der Waals surface area (Å²) in [4.78, 5) is 12.0. The van der Waals surface area contributed by atoms with E-state index in [0.29, 0.717) is 12.0 Å². The van der Waals surface area contributed by atoms with Crippen molar-refractivity contribution < 1.29 is 9.90 Å². The highest BCUT2D eigenvalue weighted by molar-refractivity contribution is 5.93. The maximum absolute atomic E-state index is 12.0. The Morgan fingerprint density at radius 2 is 2.10 bits per heavy atom. The van der Waals surface area contributed by atoms with E-state index in [2.05, 4.69) is 10.4 Å². The van der Waals surface area contributed by atoms with Gasteiger partial charge in [-0.1, -0.05) is 25.1 Å². The molecule has 0 fully saturated rings. The number of para-hydroxylation sites is 1. The molecule has 2 aromatic rings. The van der Waals surface area contributed by atoms with Gasteiger partial charge >= 0.3 is 0 Å². The second kappa shape index (κ2) is 5.88. The Balaban J connectivity index is 2.04. The minimum Gasteiger partial charge on any atom is -0.388 e. The second-order valence-corrected chi connectivity index (χ2v) is 5.04. The summed E-state index contributed by atoms with van der Waals surface area (Å²) in [6, 6.07) is 9.57. The quantitative estimate of drug-likeness (QED) is 0.872. The molecule has 1 aromatic carbocycles. The number of carbonyl (C=O) groups excluding carboxylic acids is 1. The summed E-state index contributed by atoms with van der Waals surface area (Å²) in [5.74, 6) is -0.235. The van der Waals surface area contributed by atoms with Crippen LogP contribution in [0, 0.1) is 0 Å². The average Bonchev–Trinajstić information content (AvgIpc) is 2.96. The molecular formula is C15H19N3O2. The number of rotatable bonds is 5. The molecule has 2 rings (SSSR count). The lowest BCUT2D eigenvalue weighted by molar-refractivity contribution is 0.0518. The van der Waals surface area contributed by atoms with E-state index in [1.165, 1.54) is 6.20 Å². The summed E-state index contributed by atoms with van der Waals surface area (Å²) in [5, 5.41) is 16.7. The van der Waals surface area contributed by atoms with E-state index in [0.717, 1.165) is 5.69 Å². The SMILES string of the molecule is CCC(C)(O)CNC(=O)c1cnn(-c2ccccc2)c1. The molecule has 5 heteroatoms. The third kappa shape index (κ3) is 3.45. The summed E-state index contributed by atoms with van der Waals surface area (Å²) in [6.45, 7) is 3.79. The highest BCUT2D eigenvalue weighted by atomic mass is 16.3. The first-order chi connectivity index (χ1) is 9.52. The Kier molecular flexibility index (Phi) is 4.20. The van der Waals surface area contributed by atoms with Gasteiger partial charge in [0.25, 0.3) is 5.91 Å². The fourth-order valence-electron chi connectivity index (χ4n) is 1.66. The van der Waals surface area contributed by atoms with Crippen LogP contribution in [-0.2, 0) is 0 Å². The molecule has 0 radical (unpaired) electrons. The Hall–Kier alpha value is -2.14.